The fraction of sp³-hybridized carbons (Fsp3) is 0.667. The van der Waals surface area contributed by atoms with Crippen molar-refractivity contribution in [1.29, 1.82) is 0 Å². The topological polar surface area (TPSA) is 107 Å². The summed E-state index contributed by atoms with van der Waals surface area (Å²) >= 11 is 0. The summed E-state index contributed by atoms with van der Waals surface area (Å²) in [5, 5.41) is 1.39. The second-order valence-electron chi connectivity index (χ2n) is 9.67. The van der Waals surface area contributed by atoms with E-state index < -0.39 is 0 Å². The van der Waals surface area contributed by atoms with E-state index in [9.17, 15) is 4.79 Å². The van der Waals surface area contributed by atoms with Crippen molar-refractivity contribution in [2.45, 2.75) is 70.8 Å². The number of carbonyl (C=O) groups is 1. The van der Waals surface area contributed by atoms with E-state index in [0.717, 1.165) is 50.2 Å². The van der Waals surface area contributed by atoms with Gasteiger partial charge in [0.25, 0.3) is 0 Å². The number of hydrogen-bond acceptors (Lipinski definition) is 7. The molecule has 1 aromatic heterocycles. The van der Waals surface area contributed by atoms with Crippen molar-refractivity contribution in [3.05, 3.63) is 29.2 Å². The molecule has 176 valence electrons. The summed E-state index contributed by atoms with van der Waals surface area (Å²) in [7, 11) is 1.68. The minimum atomic E-state index is -0.312. The van der Waals surface area contributed by atoms with E-state index in [2.05, 4.69) is 4.98 Å². The molecule has 8 heteroatoms. The summed E-state index contributed by atoms with van der Waals surface area (Å²) < 4.78 is 11.7. The third kappa shape index (κ3) is 5.28. The van der Waals surface area contributed by atoms with E-state index in [-0.39, 0.29) is 18.8 Å². The number of piperidine rings is 1. The number of likely N-dealkylation sites (tertiary alicyclic amines) is 1. The number of amides is 1. The number of aryl methyl sites for hydroxylation is 1. The molecule has 0 radical (unpaired) electrons. The van der Waals surface area contributed by atoms with Gasteiger partial charge in [-0.3, -0.25) is 0 Å². The number of rotatable bonds is 6. The predicted molar refractivity (Wildman–Crippen MR) is 123 cm³/mol. The van der Waals surface area contributed by atoms with Crippen LogP contribution in [-0.4, -0.2) is 53.8 Å². The van der Waals surface area contributed by atoms with Crippen molar-refractivity contribution in [3.8, 4) is 5.75 Å². The molecule has 2 aliphatic carbocycles. The highest BCUT2D eigenvalue weighted by molar-refractivity contribution is 5.69. The summed E-state index contributed by atoms with van der Waals surface area (Å²) in [6.45, 7) is 3.44. The Balaban J connectivity index is 1.39. The first-order chi connectivity index (χ1) is 15.4. The normalized spacial score (nSPS) is 21.2. The van der Waals surface area contributed by atoms with E-state index in [1.54, 1.807) is 11.9 Å². The molecular formula is C24H37N5O3. The SMILES string of the molecule is Cc1nc(/C(N)=C(\COC(=O)N2CCC3(CC2)CC3)N(C)N)ccc1OC1CCCCC1. The highest BCUT2D eigenvalue weighted by Gasteiger charge is 2.45. The maximum absolute atomic E-state index is 12.6. The zero-order chi connectivity index (χ0) is 22.7. The van der Waals surface area contributed by atoms with E-state index in [1.807, 2.05) is 19.1 Å². The van der Waals surface area contributed by atoms with Crippen LogP contribution in [-0.2, 0) is 4.74 Å². The highest BCUT2D eigenvalue weighted by atomic mass is 16.6. The number of nitrogens with two attached hydrogens (primary N) is 2. The Morgan fingerprint density at radius 3 is 2.47 bits per heavy atom. The van der Waals surface area contributed by atoms with Crippen LogP contribution < -0.4 is 16.3 Å². The summed E-state index contributed by atoms with van der Waals surface area (Å²) in [5.41, 5.74) is 9.20. The first-order valence-electron chi connectivity index (χ1n) is 11.9. The lowest BCUT2D eigenvalue weighted by molar-refractivity contribution is 0.0872. The molecule has 0 unspecified atom stereocenters. The average molecular weight is 444 g/mol. The van der Waals surface area contributed by atoms with Gasteiger partial charge >= 0.3 is 6.09 Å². The quantitative estimate of drug-likeness (QED) is 0.511. The van der Waals surface area contributed by atoms with Crippen LogP contribution in [0.2, 0.25) is 0 Å². The molecule has 0 aromatic carbocycles. The second kappa shape index (κ2) is 9.57. The molecule has 0 atom stereocenters. The minimum absolute atomic E-state index is 0.000360. The lowest BCUT2D eigenvalue weighted by Crippen LogP contribution is -2.40. The molecule has 2 saturated carbocycles. The zero-order valence-corrected chi connectivity index (χ0v) is 19.4. The molecule has 32 heavy (non-hydrogen) atoms. The smallest absolute Gasteiger partial charge is 0.410 e. The van der Waals surface area contributed by atoms with Gasteiger partial charge in [-0.2, -0.15) is 0 Å². The Bertz CT molecular complexity index is 849. The van der Waals surface area contributed by atoms with Crippen molar-refractivity contribution in [2.24, 2.45) is 17.0 Å². The van der Waals surface area contributed by atoms with Crippen LogP contribution in [0.3, 0.4) is 0 Å². The molecule has 1 saturated heterocycles. The Labute approximate surface area is 190 Å². The summed E-state index contributed by atoms with van der Waals surface area (Å²) in [5.74, 6) is 6.81. The molecule has 1 aliphatic heterocycles. The molecule has 0 bridgehead atoms. The van der Waals surface area contributed by atoms with Gasteiger partial charge in [-0.1, -0.05) is 6.42 Å². The van der Waals surface area contributed by atoms with Gasteiger partial charge in [0.15, 0.2) is 0 Å². The van der Waals surface area contributed by atoms with Crippen LogP contribution in [0.25, 0.3) is 5.70 Å². The fourth-order valence-corrected chi connectivity index (χ4v) is 4.76. The molecular weight excluding hydrogens is 406 g/mol. The lowest BCUT2D eigenvalue weighted by atomic mass is 9.94. The molecule has 3 fully saturated rings. The van der Waals surface area contributed by atoms with Crippen molar-refractivity contribution >= 4 is 11.8 Å². The highest BCUT2D eigenvalue weighted by Crippen LogP contribution is 2.53. The standard InChI is InChI=1S/C24H37N5O3/c1-17-21(32-18-6-4-3-5-7-18)9-8-19(27-17)22(25)20(28(2)26)16-31-23(30)29-14-12-24(10-11-24)13-15-29/h8-9,18H,3-7,10-16,25-26H2,1-2H3/b22-20-. The number of likely N-dealkylation sites (N-methyl/N-ethyl adjacent to an activating group) is 1. The monoisotopic (exact) mass is 443 g/mol. The number of pyridine rings is 1. The van der Waals surface area contributed by atoms with Crippen LogP contribution >= 0.6 is 0 Å². The number of nitrogens with zero attached hydrogens (tertiary/aromatic N) is 3. The van der Waals surface area contributed by atoms with Crippen LogP contribution in [0.4, 0.5) is 4.79 Å². The van der Waals surface area contributed by atoms with Gasteiger partial charge in [-0.25, -0.2) is 15.6 Å². The largest absolute Gasteiger partial charge is 0.489 e. The van der Waals surface area contributed by atoms with Gasteiger partial charge in [0.2, 0.25) is 0 Å². The van der Waals surface area contributed by atoms with Gasteiger partial charge in [0, 0.05) is 20.1 Å². The third-order valence-corrected chi connectivity index (χ3v) is 7.27. The zero-order valence-electron chi connectivity index (χ0n) is 19.4. The number of hydrazine groups is 1. The predicted octanol–water partition coefficient (Wildman–Crippen LogP) is 3.55. The maximum atomic E-state index is 12.6. The second-order valence-corrected chi connectivity index (χ2v) is 9.67. The van der Waals surface area contributed by atoms with Crippen LogP contribution in [0.5, 0.6) is 5.75 Å². The van der Waals surface area contributed by atoms with Crippen molar-refractivity contribution < 1.29 is 14.3 Å². The Hall–Kier alpha value is -2.48. The Kier molecular flexibility index (Phi) is 6.79. The first kappa shape index (κ1) is 22.7. The molecule has 2 heterocycles. The van der Waals surface area contributed by atoms with E-state index in [1.165, 1.54) is 37.1 Å². The lowest BCUT2D eigenvalue weighted by Gasteiger charge is -2.31. The summed E-state index contributed by atoms with van der Waals surface area (Å²) in [6.07, 6.45) is 10.6. The molecule has 4 rings (SSSR count). The van der Waals surface area contributed by atoms with Crippen molar-refractivity contribution in [3.63, 3.8) is 0 Å². The van der Waals surface area contributed by atoms with E-state index in [0.29, 0.717) is 22.5 Å². The fourth-order valence-electron chi connectivity index (χ4n) is 4.76. The van der Waals surface area contributed by atoms with Gasteiger partial charge in [-0.05, 0) is 75.8 Å². The van der Waals surface area contributed by atoms with Gasteiger partial charge in [0.1, 0.15) is 12.4 Å². The van der Waals surface area contributed by atoms with Gasteiger partial charge in [0.05, 0.1) is 28.9 Å². The minimum Gasteiger partial charge on any atom is -0.489 e. The van der Waals surface area contributed by atoms with Crippen molar-refractivity contribution in [1.82, 2.24) is 14.9 Å². The third-order valence-electron chi connectivity index (χ3n) is 7.27. The van der Waals surface area contributed by atoms with E-state index in [4.69, 9.17) is 21.1 Å². The van der Waals surface area contributed by atoms with Crippen LogP contribution in [0, 0.1) is 12.3 Å². The molecule has 3 aliphatic rings. The molecule has 8 nitrogen and oxygen atoms in total. The summed E-state index contributed by atoms with van der Waals surface area (Å²) in [4.78, 5) is 19.0. The van der Waals surface area contributed by atoms with Crippen LogP contribution in [0.15, 0.2) is 17.8 Å². The number of hydrogen-bond donors (Lipinski definition) is 2. The molecule has 1 amide bonds. The van der Waals surface area contributed by atoms with Gasteiger partial charge < -0.3 is 25.1 Å². The van der Waals surface area contributed by atoms with Crippen molar-refractivity contribution in [2.75, 3.05) is 26.7 Å². The summed E-state index contributed by atoms with van der Waals surface area (Å²) in [6, 6.07) is 3.76. The number of carbonyl (C=O) groups excluding carboxylic acids is 1. The average Bonchev–Trinajstić information content (AvgIpc) is 3.54. The van der Waals surface area contributed by atoms with E-state index >= 15 is 0 Å². The molecule has 1 aromatic rings. The Morgan fingerprint density at radius 1 is 1.19 bits per heavy atom. The van der Waals surface area contributed by atoms with Crippen LogP contribution in [0.1, 0.15) is 69.2 Å². The first-order valence-corrected chi connectivity index (χ1v) is 11.9. The maximum Gasteiger partial charge on any atom is 0.410 e. The number of aromatic nitrogens is 1. The van der Waals surface area contributed by atoms with Gasteiger partial charge in [-0.15, -0.1) is 0 Å². The number of ether oxygens (including phenoxy) is 2. The molecule has 1 spiro atoms. The molecule has 4 N–H and O–H groups in total. The Morgan fingerprint density at radius 2 is 1.88 bits per heavy atom.